The molecule has 2 N–H and O–H groups in total. The third kappa shape index (κ3) is 4.43. The molecule has 1 atom stereocenters. The van der Waals surface area contributed by atoms with Crippen LogP contribution in [0.2, 0.25) is 5.02 Å². The standard InChI is InChI=1S/C17H24ClFN2O/c1-17(2,16-13(18)4-3-5-14(16)19)11-21-15(22)7-6-12-8-9-20-10-12/h3-5,12,20H,6-11H2,1-2H3,(H,21,22). The maximum absolute atomic E-state index is 14.0. The molecule has 1 heterocycles. The van der Waals surface area contributed by atoms with E-state index in [4.69, 9.17) is 11.6 Å². The van der Waals surface area contributed by atoms with Gasteiger partial charge in [0, 0.05) is 29.0 Å². The number of hydrogen-bond donors (Lipinski definition) is 2. The van der Waals surface area contributed by atoms with Crippen molar-refractivity contribution < 1.29 is 9.18 Å². The van der Waals surface area contributed by atoms with Crippen molar-refractivity contribution in [2.75, 3.05) is 19.6 Å². The molecule has 1 aliphatic heterocycles. The minimum Gasteiger partial charge on any atom is -0.355 e. The molecule has 1 aromatic rings. The molecule has 1 unspecified atom stereocenters. The van der Waals surface area contributed by atoms with Crippen molar-refractivity contribution >= 4 is 17.5 Å². The van der Waals surface area contributed by atoms with Gasteiger partial charge in [0.2, 0.25) is 5.91 Å². The lowest BCUT2D eigenvalue weighted by atomic mass is 9.84. The smallest absolute Gasteiger partial charge is 0.220 e. The van der Waals surface area contributed by atoms with Crippen LogP contribution in [-0.2, 0) is 10.2 Å². The molecule has 0 spiro atoms. The van der Waals surface area contributed by atoms with Crippen molar-refractivity contribution in [2.45, 2.75) is 38.5 Å². The highest BCUT2D eigenvalue weighted by Gasteiger charge is 2.27. The number of carbonyl (C=O) groups excluding carboxylic acids is 1. The van der Waals surface area contributed by atoms with Gasteiger partial charge in [-0.05, 0) is 44.0 Å². The van der Waals surface area contributed by atoms with Crippen molar-refractivity contribution in [3.63, 3.8) is 0 Å². The van der Waals surface area contributed by atoms with Crippen LogP contribution in [0.3, 0.4) is 0 Å². The van der Waals surface area contributed by atoms with E-state index in [0.717, 1.165) is 25.9 Å². The summed E-state index contributed by atoms with van der Waals surface area (Å²) < 4.78 is 14.0. The Balaban J connectivity index is 1.87. The van der Waals surface area contributed by atoms with Gasteiger partial charge in [-0.25, -0.2) is 4.39 Å². The van der Waals surface area contributed by atoms with Crippen LogP contribution < -0.4 is 10.6 Å². The second-order valence-electron chi connectivity index (χ2n) is 6.65. The molecule has 2 rings (SSSR count). The van der Waals surface area contributed by atoms with E-state index in [0.29, 0.717) is 29.5 Å². The number of nitrogens with one attached hydrogen (secondary N) is 2. The Morgan fingerprint density at radius 3 is 2.91 bits per heavy atom. The van der Waals surface area contributed by atoms with Crippen molar-refractivity contribution in [3.8, 4) is 0 Å². The molecule has 1 fully saturated rings. The molecule has 1 aromatic carbocycles. The van der Waals surface area contributed by atoms with E-state index < -0.39 is 5.41 Å². The van der Waals surface area contributed by atoms with Crippen molar-refractivity contribution in [1.82, 2.24) is 10.6 Å². The maximum Gasteiger partial charge on any atom is 0.220 e. The molecule has 5 heteroatoms. The summed E-state index contributed by atoms with van der Waals surface area (Å²) in [5.74, 6) is 0.288. The van der Waals surface area contributed by atoms with Crippen LogP contribution in [0.1, 0.15) is 38.7 Å². The van der Waals surface area contributed by atoms with Crippen LogP contribution >= 0.6 is 11.6 Å². The van der Waals surface area contributed by atoms with Gasteiger partial charge < -0.3 is 10.6 Å². The Kier molecular flexibility index (Phi) is 5.81. The Morgan fingerprint density at radius 1 is 1.50 bits per heavy atom. The van der Waals surface area contributed by atoms with Gasteiger partial charge in [-0.15, -0.1) is 0 Å². The minimum atomic E-state index is -0.549. The summed E-state index contributed by atoms with van der Waals surface area (Å²) in [4.78, 5) is 12.0. The second kappa shape index (κ2) is 7.42. The van der Waals surface area contributed by atoms with Crippen LogP contribution in [0.25, 0.3) is 0 Å². The van der Waals surface area contributed by atoms with Gasteiger partial charge in [0.15, 0.2) is 0 Å². The van der Waals surface area contributed by atoms with Crippen LogP contribution in [0, 0.1) is 11.7 Å². The van der Waals surface area contributed by atoms with Crippen molar-refractivity contribution in [3.05, 3.63) is 34.6 Å². The predicted molar refractivity (Wildman–Crippen MR) is 87.7 cm³/mol. The SMILES string of the molecule is CC(C)(CNC(=O)CCC1CCNC1)c1c(F)cccc1Cl. The van der Waals surface area contributed by atoms with E-state index in [-0.39, 0.29) is 11.7 Å². The molecule has 3 nitrogen and oxygen atoms in total. The highest BCUT2D eigenvalue weighted by molar-refractivity contribution is 6.31. The summed E-state index contributed by atoms with van der Waals surface area (Å²) >= 11 is 6.12. The fourth-order valence-electron chi connectivity index (χ4n) is 2.94. The second-order valence-corrected chi connectivity index (χ2v) is 7.06. The van der Waals surface area contributed by atoms with E-state index in [2.05, 4.69) is 10.6 Å². The summed E-state index contributed by atoms with van der Waals surface area (Å²) in [6.07, 6.45) is 2.57. The van der Waals surface area contributed by atoms with E-state index in [1.807, 2.05) is 13.8 Å². The first-order valence-electron chi connectivity index (χ1n) is 7.82. The van der Waals surface area contributed by atoms with Gasteiger partial charge >= 0.3 is 0 Å². The van der Waals surface area contributed by atoms with E-state index >= 15 is 0 Å². The lowest BCUT2D eigenvalue weighted by molar-refractivity contribution is -0.121. The summed E-state index contributed by atoms with van der Waals surface area (Å²) in [5.41, 5.74) is -0.0931. The molecule has 0 aliphatic carbocycles. The molecule has 22 heavy (non-hydrogen) atoms. The fourth-order valence-corrected chi connectivity index (χ4v) is 3.36. The third-order valence-corrected chi connectivity index (χ3v) is 4.62. The molecule has 0 bridgehead atoms. The van der Waals surface area contributed by atoms with Gasteiger partial charge in [0.05, 0.1) is 0 Å². The molecule has 0 aromatic heterocycles. The Hall–Kier alpha value is -1.13. The van der Waals surface area contributed by atoms with Gasteiger partial charge in [-0.1, -0.05) is 31.5 Å². The molecule has 1 aliphatic rings. The molecule has 1 saturated heterocycles. The summed E-state index contributed by atoms with van der Waals surface area (Å²) in [6.45, 7) is 6.20. The quantitative estimate of drug-likeness (QED) is 0.842. The lowest BCUT2D eigenvalue weighted by Crippen LogP contribution is -2.37. The number of rotatable bonds is 6. The average molecular weight is 327 g/mol. The number of benzene rings is 1. The summed E-state index contributed by atoms with van der Waals surface area (Å²) in [7, 11) is 0. The van der Waals surface area contributed by atoms with E-state index in [9.17, 15) is 9.18 Å². The first kappa shape index (κ1) is 17.2. The summed E-state index contributed by atoms with van der Waals surface area (Å²) in [5, 5.41) is 6.61. The summed E-state index contributed by atoms with van der Waals surface area (Å²) in [6, 6.07) is 4.67. The minimum absolute atomic E-state index is 0.0208. The molecule has 1 amide bonds. The Labute approximate surface area is 136 Å². The molecular weight excluding hydrogens is 303 g/mol. The number of hydrogen-bond acceptors (Lipinski definition) is 2. The zero-order valence-corrected chi connectivity index (χ0v) is 14.0. The van der Waals surface area contributed by atoms with E-state index in [1.54, 1.807) is 12.1 Å². The maximum atomic E-state index is 14.0. The Bertz CT molecular complexity index is 507. The molecular formula is C17H24ClFN2O. The first-order chi connectivity index (χ1) is 10.4. The highest BCUT2D eigenvalue weighted by Crippen LogP contribution is 2.31. The highest BCUT2D eigenvalue weighted by atomic mass is 35.5. The lowest BCUT2D eigenvalue weighted by Gasteiger charge is -2.27. The number of amides is 1. The molecule has 0 radical (unpaired) electrons. The van der Waals surface area contributed by atoms with Crippen LogP contribution in [0.5, 0.6) is 0 Å². The third-order valence-electron chi connectivity index (χ3n) is 4.31. The zero-order chi connectivity index (χ0) is 16.2. The van der Waals surface area contributed by atoms with Crippen LogP contribution in [0.4, 0.5) is 4.39 Å². The van der Waals surface area contributed by atoms with E-state index in [1.165, 1.54) is 6.07 Å². The predicted octanol–water partition coefficient (Wildman–Crippen LogP) is 3.26. The zero-order valence-electron chi connectivity index (χ0n) is 13.2. The normalized spacial score (nSPS) is 18.5. The van der Waals surface area contributed by atoms with Crippen LogP contribution in [-0.4, -0.2) is 25.5 Å². The first-order valence-corrected chi connectivity index (χ1v) is 8.20. The molecule has 0 saturated carbocycles. The number of carbonyl (C=O) groups is 1. The van der Waals surface area contributed by atoms with Gasteiger partial charge in [0.1, 0.15) is 5.82 Å². The van der Waals surface area contributed by atoms with Crippen molar-refractivity contribution in [2.24, 2.45) is 5.92 Å². The van der Waals surface area contributed by atoms with Gasteiger partial charge in [-0.3, -0.25) is 4.79 Å². The van der Waals surface area contributed by atoms with Crippen LogP contribution in [0.15, 0.2) is 18.2 Å². The van der Waals surface area contributed by atoms with Gasteiger partial charge in [-0.2, -0.15) is 0 Å². The monoisotopic (exact) mass is 326 g/mol. The van der Waals surface area contributed by atoms with Gasteiger partial charge in [0.25, 0.3) is 0 Å². The average Bonchev–Trinajstić information content (AvgIpc) is 2.96. The Morgan fingerprint density at radius 2 is 2.27 bits per heavy atom. The molecule has 122 valence electrons. The fraction of sp³-hybridized carbons (Fsp3) is 0.588. The topological polar surface area (TPSA) is 41.1 Å². The largest absolute Gasteiger partial charge is 0.355 e. The van der Waals surface area contributed by atoms with Crippen molar-refractivity contribution in [1.29, 1.82) is 0 Å². The number of halogens is 2.